The Morgan fingerprint density at radius 3 is 2.74 bits per heavy atom. The predicted octanol–water partition coefficient (Wildman–Crippen LogP) is 2.54. The van der Waals surface area contributed by atoms with E-state index in [0.717, 1.165) is 11.3 Å². The minimum Gasteiger partial charge on any atom is -0.494 e. The number of fused-ring (bicyclic) bond motifs is 1. The van der Waals surface area contributed by atoms with E-state index in [1.807, 2.05) is 49.4 Å². The van der Waals surface area contributed by atoms with Crippen LogP contribution in [0.3, 0.4) is 0 Å². The van der Waals surface area contributed by atoms with E-state index < -0.39 is 6.10 Å². The maximum absolute atomic E-state index is 12.3. The summed E-state index contributed by atoms with van der Waals surface area (Å²) in [6, 6.07) is 15.0. The minimum absolute atomic E-state index is 0.203. The molecule has 0 aromatic heterocycles. The van der Waals surface area contributed by atoms with Gasteiger partial charge in [-0.2, -0.15) is 0 Å². The molecule has 5 nitrogen and oxygen atoms in total. The Labute approximate surface area is 135 Å². The number of carbonyl (C=O) groups excluding carboxylic acids is 1. The van der Waals surface area contributed by atoms with Gasteiger partial charge in [0.2, 0.25) is 6.10 Å². The first-order chi connectivity index (χ1) is 11.3. The standard InChI is InChI=1S/C18H19NO4/c1-2-21-14-8-4-3-7-13(14)11-19-18(20)17-12-22-15-9-5-6-10-16(15)23-17/h3-10,17H,2,11-12H2,1H3,(H,19,20). The van der Waals surface area contributed by atoms with Crippen molar-refractivity contribution in [3.63, 3.8) is 0 Å². The summed E-state index contributed by atoms with van der Waals surface area (Å²) in [4.78, 5) is 12.3. The van der Waals surface area contributed by atoms with Gasteiger partial charge >= 0.3 is 0 Å². The van der Waals surface area contributed by atoms with Crippen molar-refractivity contribution in [3.8, 4) is 17.2 Å². The van der Waals surface area contributed by atoms with Crippen LogP contribution in [-0.2, 0) is 11.3 Å². The summed E-state index contributed by atoms with van der Waals surface area (Å²) in [7, 11) is 0. The molecular weight excluding hydrogens is 294 g/mol. The Balaban J connectivity index is 1.60. The number of amides is 1. The monoisotopic (exact) mass is 313 g/mol. The Kier molecular flexibility index (Phi) is 4.66. The highest BCUT2D eigenvalue weighted by Gasteiger charge is 2.27. The van der Waals surface area contributed by atoms with E-state index in [2.05, 4.69) is 5.32 Å². The second-order valence-corrected chi connectivity index (χ2v) is 5.12. The van der Waals surface area contributed by atoms with Crippen molar-refractivity contribution in [1.82, 2.24) is 5.32 Å². The highest BCUT2D eigenvalue weighted by atomic mass is 16.6. The second-order valence-electron chi connectivity index (χ2n) is 5.12. The fourth-order valence-electron chi connectivity index (χ4n) is 2.39. The first-order valence-electron chi connectivity index (χ1n) is 7.65. The van der Waals surface area contributed by atoms with E-state index in [1.165, 1.54) is 0 Å². The molecule has 1 N–H and O–H groups in total. The van der Waals surface area contributed by atoms with E-state index in [1.54, 1.807) is 6.07 Å². The Bertz CT molecular complexity index is 686. The summed E-state index contributed by atoms with van der Waals surface area (Å²) in [6.45, 7) is 3.10. The van der Waals surface area contributed by atoms with Gasteiger partial charge < -0.3 is 19.5 Å². The van der Waals surface area contributed by atoms with Crippen LogP contribution in [0.1, 0.15) is 12.5 Å². The predicted molar refractivity (Wildman–Crippen MR) is 85.8 cm³/mol. The summed E-state index contributed by atoms with van der Waals surface area (Å²) < 4.78 is 16.8. The smallest absolute Gasteiger partial charge is 0.264 e. The van der Waals surface area contributed by atoms with Crippen molar-refractivity contribution < 1.29 is 19.0 Å². The largest absolute Gasteiger partial charge is 0.494 e. The molecule has 0 spiro atoms. The normalized spacial score (nSPS) is 15.8. The molecule has 0 radical (unpaired) electrons. The molecule has 1 unspecified atom stereocenters. The van der Waals surface area contributed by atoms with Crippen LogP contribution in [0.4, 0.5) is 0 Å². The quantitative estimate of drug-likeness (QED) is 0.921. The average molecular weight is 313 g/mol. The van der Waals surface area contributed by atoms with Crippen molar-refractivity contribution in [2.45, 2.75) is 19.6 Å². The molecule has 0 aliphatic carbocycles. The first-order valence-corrected chi connectivity index (χ1v) is 7.65. The molecule has 23 heavy (non-hydrogen) atoms. The molecule has 0 fully saturated rings. The maximum atomic E-state index is 12.3. The van der Waals surface area contributed by atoms with Gasteiger partial charge in [-0.1, -0.05) is 30.3 Å². The molecule has 1 aliphatic rings. The van der Waals surface area contributed by atoms with Gasteiger partial charge in [-0.15, -0.1) is 0 Å². The van der Waals surface area contributed by atoms with Gasteiger partial charge in [-0.05, 0) is 25.1 Å². The number of benzene rings is 2. The lowest BCUT2D eigenvalue weighted by molar-refractivity contribution is -0.130. The van der Waals surface area contributed by atoms with Gasteiger partial charge in [0.25, 0.3) is 5.91 Å². The van der Waals surface area contributed by atoms with Gasteiger partial charge in [0.15, 0.2) is 11.5 Å². The third-order valence-electron chi connectivity index (χ3n) is 3.53. The van der Waals surface area contributed by atoms with E-state index in [-0.39, 0.29) is 12.5 Å². The molecule has 2 aromatic rings. The zero-order valence-corrected chi connectivity index (χ0v) is 13.0. The lowest BCUT2D eigenvalue weighted by Crippen LogP contribution is -2.43. The highest BCUT2D eigenvalue weighted by Crippen LogP contribution is 2.30. The van der Waals surface area contributed by atoms with Crippen LogP contribution in [0.2, 0.25) is 0 Å². The maximum Gasteiger partial charge on any atom is 0.264 e. The van der Waals surface area contributed by atoms with E-state index >= 15 is 0 Å². The van der Waals surface area contributed by atoms with Crippen LogP contribution in [0.15, 0.2) is 48.5 Å². The molecule has 5 heteroatoms. The molecular formula is C18H19NO4. The van der Waals surface area contributed by atoms with Crippen molar-refractivity contribution in [3.05, 3.63) is 54.1 Å². The SMILES string of the molecule is CCOc1ccccc1CNC(=O)C1COc2ccccc2O1. The average Bonchev–Trinajstić information content (AvgIpc) is 2.60. The molecule has 1 atom stereocenters. The van der Waals surface area contributed by atoms with Gasteiger partial charge in [0.05, 0.1) is 6.61 Å². The van der Waals surface area contributed by atoms with Crippen LogP contribution >= 0.6 is 0 Å². The topological polar surface area (TPSA) is 56.8 Å². The molecule has 120 valence electrons. The number of para-hydroxylation sites is 3. The summed E-state index contributed by atoms with van der Waals surface area (Å²) in [5, 5.41) is 2.87. The zero-order valence-electron chi connectivity index (χ0n) is 13.0. The molecule has 0 saturated carbocycles. The van der Waals surface area contributed by atoms with Gasteiger partial charge in [-0.25, -0.2) is 0 Å². The molecule has 0 bridgehead atoms. The van der Waals surface area contributed by atoms with Crippen molar-refractivity contribution >= 4 is 5.91 Å². The molecule has 3 rings (SSSR count). The summed E-state index contributed by atoms with van der Waals surface area (Å²) >= 11 is 0. The summed E-state index contributed by atoms with van der Waals surface area (Å²) in [6.07, 6.45) is -0.649. The molecule has 1 heterocycles. The zero-order chi connectivity index (χ0) is 16.1. The highest BCUT2D eigenvalue weighted by molar-refractivity contribution is 5.81. The fourth-order valence-corrected chi connectivity index (χ4v) is 2.39. The second kappa shape index (κ2) is 7.05. The fraction of sp³-hybridized carbons (Fsp3) is 0.278. The van der Waals surface area contributed by atoms with Crippen molar-refractivity contribution in [1.29, 1.82) is 0 Å². The van der Waals surface area contributed by atoms with Gasteiger partial charge in [-0.3, -0.25) is 4.79 Å². The van der Waals surface area contributed by atoms with Gasteiger partial charge in [0, 0.05) is 12.1 Å². The first kappa shape index (κ1) is 15.2. The van der Waals surface area contributed by atoms with E-state index in [0.29, 0.717) is 24.7 Å². The Hall–Kier alpha value is -2.69. The Morgan fingerprint density at radius 1 is 1.17 bits per heavy atom. The van der Waals surface area contributed by atoms with Crippen LogP contribution < -0.4 is 19.5 Å². The minimum atomic E-state index is -0.649. The lowest BCUT2D eigenvalue weighted by Gasteiger charge is -2.25. The molecule has 2 aromatic carbocycles. The number of hydrogen-bond donors (Lipinski definition) is 1. The third kappa shape index (κ3) is 3.56. The number of nitrogens with one attached hydrogen (secondary N) is 1. The van der Waals surface area contributed by atoms with Crippen LogP contribution in [0, 0.1) is 0 Å². The molecule has 0 saturated heterocycles. The summed E-state index contributed by atoms with van der Waals surface area (Å²) in [5.74, 6) is 1.83. The number of ether oxygens (including phenoxy) is 3. The van der Waals surface area contributed by atoms with Crippen molar-refractivity contribution in [2.75, 3.05) is 13.2 Å². The van der Waals surface area contributed by atoms with Crippen LogP contribution in [0.25, 0.3) is 0 Å². The molecule has 1 aliphatic heterocycles. The van der Waals surface area contributed by atoms with Crippen LogP contribution in [0.5, 0.6) is 17.2 Å². The molecule has 1 amide bonds. The van der Waals surface area contributed by atoms with Crippen LogP contribution in [-0.4, -0.2) is 25.2 Å². The number of carbonyl (C=O) groups is 1. The Morgan fingerprint density at radius 2 is 1.91 bits per heavy atom. The lowest BCUT2D eigenvalue weighted by atomic mass is 10.2. The third-order valence-corrected chi connectivity index (χ3v) is 3.53. The summed E-state index contributed by atoms with van der Waals surface area (Å²) in [5.41, 5.74) is 0.930. The van der Waals surface area contributed by atoms with E-state index in [9.17, 15) is 4.79 Å². The number of rotatable bonds is 5. The number of hydrogen-bond acceptors (Lipinski definition) is 4. The van der Waals surface area contributed by atoms with E-state index in [4.69, 9.17) is 14.2 Å². The van der Waals surface area contributed by atoms with Gasteiger partial charge in [0.1, 0.15) is 12.4 Å². The van der Waals surface area contributed by atoms with Crippen molar-refractivity contribution in [2.24, 2.45) is 0 Å².